The summed E-state index contributed by atoms with van der Waals surface area (Å²) in [6.45, 7) is 1.12. The number of amides is 1. The molecule has 0 unspecified atom stereocenters. The molecule has 33 heavy (non-hydrogen) atoms. The van der Waals surface area contributed by atoms with Crippen molar-refractivity contribution in [2.75, 3.05) is 18.4 Å². The smallest absolute Gasteiger partial charge is 0.256 e. The van der Waals surface area contributed by atoms with Gasteiger partial charge < -0.3 is 5.32 Å². The number of rotatable bonds is 5. The Morgan fingerprint density at radius 2 is 1.70 bits per heavy atom. The second-order valence-corrected chi connectivity index (χ2v) is 10.9. The number of nitrogens with one attached hydrogen (secondary N) is 1. The topological polar surface area (TPSA) is 79.4 Å². The number of aromatic nitrogens is 1. The van der Waals surface area contributed by atoms with Gasteiger partial charge in [-0.1, -0.05) is 30.7 Å². The Labute approximate surface area is 197 Å². The molecule has 5 rings (SSSR count). The molecule has 168 valence electrons. The molecule has 2 aromatic carbocycles. The Morgan fingerprint density at radius 3 is 2.42 bits per heavy atom. The number of sulfonamides is 1. The van der Waals surface area contributed by atoms with Gasteiger partial charge in [0.2, 0.25) is 10.0 Å². The second-order valence-electron chi connectivity index (χ2n) is 7.99. The summed E-state index contributed by atoms with van der Waals surface area (Å²) in [6, 6.07) is 19.7. The average Bonchev–Trinajstić information content (AvgIpc) is 3.39. The van der Waals surface area contributed by atoms with E-state index >= 15 is 0 Å². The number of pyridine rings is 1. The predicted molar refractivity (Wildman–Crippen MR) is 132 cm³/mol. The highest BCUT2D eigenvalue weighted by Gasteiger charge is 2.25. The van der Waals surface area contributed by atoms with Gasteiger partial charge >= 0.3 is 0 Å². The molecule has 8 heteroatoms. The third-order valence-corrected chi connectivity index (χ3v) is 8.60. The van der Waals surface area contributed by atoms with Crippen molar-refractivity contribution in [2.45, 2.75) is 24.2 Å². The molecular formula is C25H23N3O3S2. The number of hydrogen-bond acceptors (Lipinski definition) is 5. The van der Waals surface area contributed by atoms with Crippen LogP contribution in [0.5, 0.6) is 0 Å². The van der Waals surface area contributed by atoms with Gasteiger partial charge in [-0.15, -0.1) is 11.3 Å². The molecule has 6 nitrogen and oxygen atoms in total. The molecule has 1 fully saturated rings. The van der Waals surface area contributed by atoms with Crippen LogP contribution in [-0.2, 0) is 10.0 Å². The highest BCUT2D eigenvalue weighted by Crippen LogP contribution is 2.29. The van der Waals surface area contributed by atoms with Crippen molar-refractivity contribution in [3.63, 3.8) is 0 Å². The standard InChI is InChI=1S/C25H23N3O3S2/c29-25(21-17-23(24-9-6-16-32-24)27-22-8-3-2-7-20(21)22)26-18-10-12-19(13-11-18)33(30,31)28-14-4-1-5-15-28/h2-3,6-13,16-17H,1,4-5,14-15H2,(H,26,29). The van der Waals surface area contributed by atoms with Gasteiger partial charge in [-0.3, -0.25) is 4.79 Å². The minimum atomic E-state index is -3.51. The lowest BCUT2D eigenvalue weighted by Crippen LogP contribution is -2.35. The van der Waals surface area contributed by atoms with Crippen LogP contribution in [0.15, 0.2) is 77.0 Å². The van der Waals surface area contributed by atoms with Gasteiger partial charge in [0, 0.05) is 24.2 Å². The van der Waals surface area contributed by atoms with Gasteiger partial charge in [-0.05, 0) is 60.7 Å². The third kappa shape index (κ3) is 4.42. The van der Waals surface area contributed by atoms with Crippen LogP contribution in [-0.4, -0.2) is 36.7 Å². The number of carbonyl (C=O) groups is 1. The number of fused-ring (bicyclic) bond motifs is 1. The van der Waals surface area contributed by atoms with Gasteiger partial charge in [0.05, 0.1) is 26.5 Å². The molecule has 1 N–H and O–H groups in total. The number of para-hydroxylation sites is 1. The molecule has 1 aliphatic heterocycles. The van der Waals surface area contributed by atoms with E-state index in [1.165, 1.54) is 0 Å². The molecular weight excluding hydrogens is 454 g/mol. The molecule has 1 aliphatic rings. The van der Waals surface area contributed by atoms with Gasteiger partial charge in [0.25, 0.3) is 5.91 Å². The maximum atomic E-state index is 13.2. The van der Waals surface area contributed by atoms with Gasteiger partial charge in [-0.2, -0.15) is 4.31 Å². The van der Waals surface area contributed by atoms with E-state index in [-0.39, 0.29) is 10.8 Å². The van der Waals surface area contributed by atoms with Crippen LogP contribution < -0.4 is 5.32 Å². The van der Waals surface area contributed by atoms with Crippen LogP contribution in [0.4, 0.5) is 5.69 Å². The number of hydrogen-bond donors (Lipinski definition) is 1. The minimum Gasteiger partial charge on any atom is -0.322 e. The molecule has 0 spiro atoms. The summed E-state index contributed by atoms with van der Waals surface area (Å²) in [7, 11) is -3.51. The first kappa shape index (κ1) is 21.8. The number of nitrogens with zero attached hydrogens (tertiary/aromatic N) is 2. The molecule has 0 atom stereocenters. The van der Waals surface area contributed by atoms with Crippen LogP contribution in [0.25, 0.3) is 21.5 Å². The summed E-state index contributed by atoms with van der Waals surface area (Å²) in [5.74, 6) is -0.266. The summed E-state index contributed by atoms with van der Waals surface area (Å²) in [5.41, 5.74) is 2.55. The van der Waals surface area contributed by atoms with Crippen LogP contribution >= 0.6 is 11.3 Å². The summed E-state index contributed by atoms with van der Waals surface area (Å²) in [6.07, 6.45) is 2.84. The normalized spacial score (nSPS) is 14.9. The SMILES string of the molecule is O=C(Nc1ccc(S(=O)(=O)N2CCCCC2)cc1)c1cc(-c2cccs2)nc2ccccc12. The molecule has 0 bridgehead atoms. The maximum Gasteiger partial charge on any atom is 0.256 e. The Morgan fingerprint density at radius 1 is 0.939 bits per heavy atom. The molecule has 2 aromatic heterocycles. The maximum absolute atomic E-state index is 13.2. The fourth-order valence-electron chi connectivity index (χ4n) is 4.08. The van der Waals surface area contributed by atoms with Crippen molar-refractivity contribution in [3.8, 4) is 10.6 Å². The zero-order chi connectivity index (χ0) is 22.8. The van der Waals surface area contributed by atoms with Crippen LogP contribution in [0.2, 0.25) is 0 Å². The van der Waals surface area contributed by atoms with Crippen molar-refractivity contribution in [1.82, 2.24) is 9.29 Å². The molecule has 1 amide bonds. The molecule has 0 radical (unpaired) electrons. The first-order valence-electron chi connectivity index (χ1n) is 10.9. The van der Waals surface area contributed by atoms with Gasteiger partial charge in [0.1, 0.15) is 0 Å². The quantitative estimate of drug-likeness (QED) is 0.418. The lowest BCUT2D eigenvalue weighted by atomic mass is 10.1. The molecule has 1 saturated heterocycles. The predicted octanol–water partition coefficient (Wildman–Crippen LogP) is 5.39. The van der Waals surface area contributed by atoms with E-state index in [1.54, 1.807) is 46.0 Å². The van der Waals surface area contributed by atoms with E-state index in [0.29, 0.717) is 24.3 Å². The van der Waals surface area contributed by atoms with Crippen molar-refractivity contribution < 1.29 is 13.2 Å². The van der Waals surface area contributed by atoms with E-state index in [0.717, 1.165) is 40.7 Å². The van der Waals surface area contributed by atoms with Crippen molar-refractivity contribution in [1.29, 1.82) is 0 Å². The van der Waals surface area contributed by atoms with E-state index in [2.05, 4.69) is 5.32 Å². The van der Waals surface area contributed by atoms with Crippen molar-refractivity contribution >= 4 is 43.9 Å². The van der Waals surface area contributed by atoms with Gasteiger partial charge in [-0.25, -0.2) is 13.4 Å². The van der Waals surface area contributed by atoms with E-state index in [1.807, 2.05) is 41.8 Å². The van der Waals surface area contributed by atoms with Crippen molar-refractivity contribution in [2.24, 2.45) is 0 Å². The van der Waals surface area contributed by atoms with Crippen LogP contribution in [0.1, 0.15) is 29.6 Å². The first-order valence-corrected chi connectivity index (χ1v) is 13.2. The minimum absolute atomic E-state index is 0.247. The Hall–Kier alpha value is -3.07. The van der Waals surface area contributed by atoms with E-state index in [9.17, 15) is 13.2 Å². The zero-order valence-electron chi connectivity index (χ0n) is 17.9. The lowest BCUT2D eigenvalue weighted by Gasteiger charge is -2.25. The van der Waals surface area contributed by atoms with E-state index in [4.69, 9.17) is 4.98 Å². The highest BCUT2D eigenvalue weighted by atomic mass is 32.2. The first-order chi connectivity index (χ1) is 16.0. The summed E-state index contributed by atoms with van der Waals surface area (Å²) in [5, 5.41) is 5.65. The Kier molecular flexibility index (Phi) is 5.97. The number of carbonyl (C=O) groups excluding carboxylic acids is 1. The molecule has 3 heterocycles. The fourth-order valence-corrected chi connectivity index (χ4v) is 6.28. The third-order valence-electron chi connectivity index (χ3n) is 5.80. The lowest BCUT2D eigenvalue weighted by molar-refractivity contribution is 0.102. The second kappa shape index (κ2) is 9.05. The molecule has 0 aliphatic carbocycles. The summed E-state index contributed by atoms with van der Waals surface area (Å²) in [4.78, 5) is 19.2. The number of thiophene rings is 1. The number of anilines is 1. The van der Waals surface area contributed by atoms with Crippen LogP contribution in [0, 0.1) is 0 Å². The highest BCUT2D eigenvalue weighted by molar-refractivity contribution is 7.89. The van der Waals surface area contributed by atoms with Gasteiger partial charge in [0.15, 0.2) is 0 Å². The number of piperidine rings is 1. The van der Waals surface area contributed by atoms with Crippen molar-refractivity contribution in [3.05, 3.63) is 77.7 Å². The van der Waals surface area contributed by atoms with Crippen LogP contribution in [0.3, 0.4) is 0 Å². The largest absolute Gasteiger partial charge is 0.322 e. The Balaban J connectivity index is 1.42. The Bertz CT molecular complexity index is 1390. The zero-order valence-corrected chi connectivity index (χ0v) is 19.5. The van der Waals surface area contributed by atoms with E-state index < -0.39 is 10.0 Å². The number of benzene rings is 2. The monoisotopic (exact) mass is 477 g/mol. The molecule has 0 saturated carbocycles. The molecule has 4 aromatic rings. The summed E-state index contributed by atoms with van der Waals surface area (Å²) < 4.78 is 27.3. The summed E-state index contributed by atoms with van der Waals surface area (Å²) >= 11 is 1.57. The fraction of sp³-hybridized carbons (Fsp3) is 0.200. The average molecular weight is 478 g/mol.